The Labute approximate surface area is 81.7 Å². The maximum absolute atomic E-state index is 2.45. The minimum Gasteiger partial charge on any atom is -0.0850 e. The smallest absolute Gasteiger partial charge is 0.000683 e. The molecule has 0 bridgehead atoms. The van der Waals surface area contributed by atoms with Gasteiger partial charge in [-0.1, -0.05) is 22.8 Å². The molecular formula is C13H20. The van der Waals surface area contributed by atoms with E-state index >= 15 is 0 Å². The van der Waals surface area contributed by atoms with Gasteiger partial charge in [-0.2, -0.15) is 0 Å². The predicted molar refractivity (Wildman–Crippen MR) is 57.6 cm³/mol. The van der Waals surface area contributed by atoms with Gasteiger partial charge in [-0.15, -0.1) is 0 Å². The molecule has 0 heterocycles. The molecule has 0 nitrogen and oxygen atoms in total. The van der Waals surface area contributed by atoms with Crippen molar-refractivity contribution in [3.05, 3.63) is 22.8 Å². The number of hydrogen-bond donors (Lipinski definition) is 0. The van der Waals surface area contributed by atoms with Crippen LogP contribution in [0.5, 0.6) is 0 Å². The lowest BCUT2D eigenvalue weighted by Gasteiger charge is -2.24. The first-order valence-electron chi connectivity index (χ1n) is 5.64. The molecule has 0 radical (unpaired) electrons. The Kier molecular flexibility index (Phi) is 2.57. The van der Waals surface area contributed by atoms with Crippen molar-refractivity contribution in [3.8, 4) is 0 Å². The summed E-state index contributed by atoms with van der Waals surface area (Å²) in [6.45, 7) is 4.66. The summed E-state index contributed by atoms with van der Waals surface area (Å²) < 4.78 is 0. The zero-order valence-corrected chi connectivity index (χ0v) is 8.90. The van der Waals surface area contributed by atoms with Gasteiger partial charge in [0.2, 0.25) is 0 Å². The van der Waals surface area contributed by atoms with Gasteiger partial charge in [0.1, 0.15) is 0 Å². The first kappa shape index (κ1) is 9.05. The van der Waals surface area contributed by atoms with Crippen LogP contribution in [0.2, 0.25) is 0 Å². The zero-order valence-electron chi connectivity index (χ0n) is 8.90. The molecule has 1 atom stereocenters. The van der Waals surface area contributed by atoms with Crippen LogP contribution in [0.1, 0.15) is 52.4 Å². The predicted octanol–water partition coefficient (Wildman–Crippen LogP) is 4.23. The lowest BCUT2D eigenvalue weighted by atomic mass is 9.81. The lowest BCUT2D eigenvalue weighted by Crippen LogP contribution is -2.09. The van der Waals surface area contributed by atoms with Crippen molar-refractivity contribution < 1.29 is 0 Å². The third-order valence-electron chi connectivity index (χ3n) is 3.68. The molecule has 0 fully saturated rings. The minimum atomic E-state index is 0.830. The van der Waals surface area contributed by atoms with E-state index in [0.717, 1.165) is 5.92 Å². The van der Waals surface area contributed by atoms with E-state index in [4.69, 9.17) is 0 Å². The highest BCUT2D eigenvalue weighted by atomic mass is 14.3. The molecular weight excluding hydrogens is 156 g/mol. The van der Waals surface area contributed by atoms with Gasteiger partial charge in [0.05, 0.1) is 0 Å². The quantitative estimate of drug-likeness (QED) is 0.524. The topological polar surface area (TPSA) is 0 Å². The van der Waals surface area contributed by atoms with Gasteiger partial charge in [0, 0.05) is 5.92 Å². The molecule has 0 spiro atoms. The molecule has 0 aliphatic heterocycles. The van der Waals surface area contributed by atoms with Crippen LogP contribution >= 0.6 is 0 Å². The van der Waals surface area contributed by atoms with E-state index in [0.29, 0.717) is 0 Å². The Morgan fingerprint density at radius 2 is 2.00 bits per heavy atom. The van der Waals surface area contributed by atoms with Crippen molar-refractivity contribution in [2.24, 2.45) is 5.92 Å². The molecule has 0 aromatic rings. The highest BCUT2D eigenvalue weighted by Gasteiger charge is 2.22. The first-order chi connectivity index (χ1) is 6.29. The van der Waals surface area contributed by atoms with Gasteiger partial charge < -0.3 is 0 Å². The number of rotatable bonds is 1. The SMILES string of the molecule is CC1=CCCCC1C1=C(C)CCC1. The van der Waals surface area contributed by atoms with Gasteiger partial charge in [-0.25, -0.2) is 0 Å². The van der Waals surface area contributed by atoms with Gasteiger partial charge in [-0.3, -0.25) is 0 Å². The third-order valence-corrected chi connectivity index (χ3v) is 3.68. The highest BCUT2D eigenvalue weighted by molar-refractivity contribution is 5.28. The van der Waals surface area contributed by atoms with Crippen molar-refractivity contribution in [1.29, 1.82) is 0 Å². The standard InChI is InChI=1S/C13H20/c1-10-6-3-4-8-12(10)13-9-5-7-11(13)2/h6,12H,3-5,7-9H2,1-2H3. The maximum atomic E-state index is 2.45. The van der Waals surface area contributed by atoms with Crippen molar-refractivity contribution in [2.45, 2.75) is 52.4 Å². The molecule has 13 heavy (non-hydrogen) atoms. The summed E-state index contributed by atoms with van der Waals surface area (Å²) in [5.41, 5.74) is 5.12. The fraction of sp³-hybridized carbons (Fsp3) is 0.692. The average Bonchev–Trinajstić information content (AvgIpc) is 2.52. The Morgan fingerprint density at radius 1 is 1.15 bits per heavy atom. The van der Waals surface area contributed by atoms with E-state index in [1.165, 1.54) is 38.5 Å². The Morgan fingerprint density at radius 3 is 2.62 bits per heavy atom. The molecule has 0 N–H and O–H groups in total. The minimum absolute atomic E-state index is 0.830. The second-order valence-corrected chi connectivity index (χ2v) is 4.59. The molecule has 2 aliphatic rings. The van der Waals surface area contributed by atoms with Gasteiger partial charge in [0.25, 0.3) is 0 Å². The summed E-state index contributed by atoms with van der Waals surface area (Å²) in [7, 11) is 0. The summed E-state index contributed by atoms with van der Waals surface area (Å²) in [5.74, 6) is 0.830. The molecule has 72 valence electrons. The third kappa shape index (κ3) is 1.72. The fourth-order valence-electron chi connectivity index (χ4n) is 2.86. The molecule has 0 heteroatoms. The van der Waals surface area contributed by atoms with E-state index in [9.17, 15) is 0 Å². The molecule has 0 saturated carbocycles. The van der Waals surface area contributed by atoms with E-state index in [1.807, 2.05) is 0 Å². The largest absolute Gasteiger partial charge is 0.0850 e. The van der Waals surface area contributed by atoms with Crippen molar-refractivity contribution >= 4 is 0 Å². The average molecular weight is 176 g/mol. The molecule has 0 saturated heterocycles. The summed E-state index contributed by atoms with van der Waals surface area (Å²) in [5, 5.41) is 0. The Bertz CT molecular complexity index is 255. The molecule has 0 aromatic carbocycles. The van der Waals surface area contributed by atoms with E-state index in [-0.39, 0.29) is 0 Å². The molecule has 2 aliphatic carbocycles. The summed E-state index contributed by atoms with van der Waals surface area (Å²) in [6.07, 6.45) is 10.7. The zero-order chi connectivity index (χ0) is 9.26. The molecule has 0 amide bonds. The van der Waals surface area contributed by atoms with Gasteiger partial charge in [0.15, 0.2) is 0 Å². The van der Waals surface area contributed by atoms with Crippen molar-refractivity contribution in [2.75, 3.05) is 0 Å². The van der Waals surface area contributed by atoms with Gasteiger partial charge in [-0.05, 0) is 52.4 Å². The van der Waals surface area contributed by atoms with Crippen LogP contribution in [0.25, 0.3) is 0 Å². The van der Waals surface area contributed by atoms with Crippen LogP contribution in [0.3, 0.4) is 0 Å². The monoisotopic (exact) mass is 176 g/mol. The second-order valence-electron chi connectivity index (χ2n) is 4.59. The van der Waals surface area contributed by atoms with Crippen LogP contribution < -0.4 is 0 Å². The molecule has 1 unspecified atom stereocenters. The van der Waals surface area contributed by atoms with Crippen LogP contribution in [0.15, 0.2) is 22.8 Å². The summed E-state index contributed by atoms with van der Waals surface area (Å²) >= 11 is 0. The van der Waals surface area contributed by atoms with Gasteiger partial charge >= 0.3 is 0 Å². The van der Waals surface area contributed by atoms with Crippen LogP contribution in [0, 0.1) is 5.92 Å². The Hall–Kier alpha value is -0.520. The lowest BCUT2D eigenvalue weighted by molar-refractivity contribution is 0.560. The first-order valence-corrected chi connectivity index (χ1v) is 5.64. The maximum Gasteiger partial charge on any atom is 0.000683 e. The summed E-state index contributed by atoms with van der Waals surface area (Å²) in [4.78, 5) is 0. The van der Waals surface area contributed by atoms with E-state index in [1.54, 1.807) is 16.7 Å². The van der Waals surface area contributed by atoms with Crippen molar-refractivity contribution in [3.63, 3.8) is 0 Å². The van der Waals surface area contributed by atoms with Crippen molar-refractivity contribution in [1.82, 2.24) is 0 Å². The Balaban J connectivity index is 2.20. The van der Waals surface area contributed by atoms with E-state index in [2.05, 4.69) is 19.9 Å². The molecule has 0 aromatic heterocycles. The molecule has 2 rings (SSSR count). The van der Waals surface area contributed by atoms with Crippen LogP contribution in [-0.4, -0.2) is 0 Å². The highest BCUT2D eigenvalue weighted by Crippen LogP contribution is 2.39. The number of hydrogen-bond acceptors (Lipinski definition) is 0. The normalized spacial score (nSPS) is 29.4. The van der Waals surface area contributed by atoms with E-state index < -0.39 is 0 Å². The summed E-state index contributed by atoms with van der Waals surface area (Å²) in [6, 6.07) is 0. The van der Waals surface area contributed by atoms with Crippen LogP contribution in [0.4, 0.5) is 0 Å². The number of allylic oxidation sites excluding steroid dienone is 4. The second kappa shape index (κ2) is 3.69. The van der Waals surface area contributed by atoms with Crippen LogP contribution in [-0.2, 0) is 0 Å². The fourth-order valence-corrected chi connectivity index (χ4v) is 2.86.